The molecule has 6 rings (SSSR count). The van der Waals surface area contributed by atoms with Crippen LogP contribution >= 0.6 is 0 Å². The lowest BCUT2D eigenvalue weighted by molar-refractivity contribution is 0.0617. The highest BCUT2D eigenvalue weighted by Gasteiger charge is 2.43. The van der Waals surface area contributed by atoms with E-state index in [4.69, 9.17) is 14.8 Å². The minimum atomic E-state index is -0.887. The lowest BCUT2D eigenvalue weighted by Gasteiger charge is -2.42. The lowest BCUT2D eigenvalue weighted by atomic mass is 9.77. The summed E-state index contributed by atoms with van der Waals surface area (Å²) in [7, 11) is 1.90. The van der Waals surface area contributed by atoms with Gasteiger partial charge in [0, 0.05) is 73.4 Å². The molecule has 1 fully saturated rings. The molecule has 9 nitrogen and oxygen atoms in total. The number of fused-ring (bicyclic) bond motifs is 2. The summed E-state index contributed by atoms with van der Waals surface area (Å²) in [5, 5.41) is 22.0. The number of ether oxygens (including phenoxy) is 1. The highest BCUT2D eigenvalue weighted by molar-refractivity contribution is 5.99. The summed E-state index contributed by atoms with van der Waals surface area (Å²) in [5.74, 6) is 0. The quantitative estimate of drug-likeness (QED) is 0.362. The number of amides is 1. The molecule has 1 saturated heterocycles. The third kappa shape index (κ3) is 4.38. The first-order chi connectivity index (χ1) is 18.6. The molecule has 1 N–H and O–H groups in total. The number of nitrogens with zero attached hydrogens (tertiary/aromatic N) is 6. The molecule has 39 heavy (non-hydrogen) atoms. The van der Waals surface area contributed by atoms with Gasteiger partial charge in [0.2, 0.25) is 0 Å². The molecular weight excluding hydrogens is 492 g/mol. The van der Waals surface area contributed by atoms with Crippen molar-refractivity contribution >= 4 is 16.9 Å². The first-order valence-electron chi connectivity index (χ1n) is 13.7. The van der Waals surface area contributed by atoms with Crippen LogP contribution in [0.25, 0.3) is 33.3 Å². The minimum Gasteiger partial charge on any atom is -0.465 e. The van der Waals surface area contributed by atoms with Gasteiger partial charge in [0.05, 0.1) is 29.7 Å². The van der Waals surface area contributed by atoms with Gasteiger partial charge in [0.25, 0.3) is 0 Å². The van der Waals surface area contributed by atoms with Crippen molar-refractivity contribution in [3.63, 3.8) is 0 Å². The molecular formula is C30H36N6O3. The minimum absolute atomic E-state index is 0.241. The fraction of sp³-hybridized carbons (Fsp3) is 0.467. The van der Waals surface area contributed by atoms with E-state index in [1.165, 1.54) is 0 Å². The van der Waals surface area contributed by atoms with E-state index in [9.17, 15) is 9.90 Å². The molecule has 1 aromatic carbocycles. The van der Waals surface area contributed by atoms with Crippen molar-refractivity contribution < 1.29 is 14.6 Å². The van der Waals surface area contributed by atoms with Gasteiger partial charge in [-0.1, -0.05) is 32.9 Å². The van der Waals surface area contributed by atoms with Crippen molar-refractivity contribution in [3.05, 3.63) is 53.6 Å². The average molecular weight is 529 g/mol. The largest absolute Gasteiger partial charge is 0.465 e. The van der Waals surface area contributed by atoms with E-state index in [0.717, 1.165) is 62.9 Å². The van der Waals surface area contributed by atoms with Gasteiger partial charge in [0.15, 0.2) is 0 Å². The Kier molecular flexibility index (Phi) is 6.21. The van der Waals surface area contributed by atoms with Gasteiger partial charge in [-0.3, -0.25) is 14.3 Å². The van der Waals surface area contributed by atoms with Crippen molar-refractivity contribution in [3.8, 4) is 22.5 Å². The number of aryl methyl sites for hydroxylation is 2. The second-order valence-corrected chi connectivity index (χ2v) is 11.9. The molecule has 2 aliphatic heterocycles. The summed E-state index contributed by atoms with van der Waals surface area (Å²) >= 11 is 0. The third-order valence-corrected chi connectivity index (χ3v) is 8.20. The van der Waals surface area contributed by atoms with E-state index in [1.54, 1.807) is 9.58 Å². The maximum Gasteiger partial charge on any atom is 0.407 e. The van der Waals surface area contributed by atoms with Crippen molar-refractivity contribution in [1.82, 2.24) is 29.4 Å². The Hall–Kier alpha value is -3.72. The van der Waals surface area contributed by atoms with Crippen LogP contribution in [0.1, 0.15) is 62.5 Å². The van der Waals surface area contributed by atoms with Crippen LogP contribution in [-0.2, 0) is 18.2 Å². The van der Waals surface area contributed by atoms with Crippen LogP contribution in [0.4, 0.5) is 4.79 Å². The van der Waals surface area contributed by atoms with Crippen LogP contribution in [0.5, 0.6) is 0 Å². The van der Waals surface area contributed by atoms with Gasteiger partial charge in [0.1, 0.15) is 0 Å². The van der Waals surface area contributed by atoms with Crippen molar-refractivity contribution in [1.29, 1.82) is 0 Å². The monoisotopic (exact) mass is 528 g/mol. The molecule has 3 aromatic heterocycles. The molecule has 0 spiro atoms. The SMILES string of the molecule is Cc1ccc(-c2nn(C3CCOCC3)c3c2C(C(C)(C)C)N(C(=O)O)CC3)c2cnc(-c3cnn(C)c3)cc12. The predicted molar refractivity (Wildman–Crippen MR) is 150 cm³/mol. The third-order valence-electron chi connectivity index (χ3n) is 8.20. The Morgan fingerprint density at radius 3 is 2.56 bits per heavy atom. The molecule has 1 atom stereocenters. The Labute approximate surface area is 228 Å². The number of hydrogen-bond donors (Lipinski definition) is 1. The van der Waals surface area contributed by atoms with Crippen molar-refractivity contribution in [2.24, 2.45) is 12.5 Å². The molecule has 4 aromatic rings. The highest BCUT2D eigenvalue weighted by Crippen LogP contribution is 2.48. The molecule has 1 unspecified atom stereocenters. The Morgan fingerprint density at radius 1 is 1.13 bits per heavy atom. The van der Waals surface area contributed by atoms with Gasteiger partial charge in [-0.25, -0.2) is 4.79 Å². The van der Waals surface area contributed by atoms with Crippen molar-refractivity contribution in [2.75, 3.05) is 19.8 Å². The van der Waals surface area contributed by atoms with Crippen LogP contribution in [0, 0.1) is 12.3 Å². The molecule has 9 heteroatoms. The summed E-state index contributed by atoms with van der Waals surface area (Å²) in [4.78, 5) is 18.9. The second-order valence-electron chi connectivity index (χ2n) is 11.9. The maximum absolute atomic E-state index is 12.5. The van der Waals surface area contributed by atoms with E-state index in [2.05, 4.69) is 55.7 Å². The van der Waals surface area contributed by atoms with Crippen LogP contribution < -0.4 is 0 Å². The predicted octanol–water partition coefficient (Wildman–Crippen LogP) is 5.78. The van der Waals surface area contributed by atoms with E-state index < -0.39 is 6.09 Å². The smallest absolute Gasteiger partial charge is 0.407 e. The first kappa shape index (κ1) is 25.6. The second kappa shape index (κ2) is 9.48. The van der Waals surface area contributed by atoms with Gasteiger partial charge in [-0.05, 0) is 42.2 Å². The number of aromatic nitrogens is 5. The number of carbonyl (C=O) groups is 1. The molecule has 204 valence electrons. The van der Waals surface area contributed by atoms with E-state index >= 15 is 0 Å². The van der Waals surface area contributed by atoms with Crippen LogP contribution in [-0.4, -0.2) is 60.4 Å². The molecule has 0 bridgehead atoms. The Balaban J connectivity index is 1.59. The molecule has 0 aliphatic carbocycles. The summed E-state index contributed by atoms with van der Waals surface area (Å²) < 4.78 is 9.64. The van der Waals surface area contributed by atoms with E-state index in [1.807, 2.05) is 25.6 Å². The zero-order valence-electron chi connectivity index (χ0n) is 23.3. The summed E-state index contributed by atoms with van der Waals surface area (Å²) in [6.07, 6.45) is 7.29. The highest BCUT2D eigenvalue weighted by atomic mass is 16.5. The van der Waals surface area contributed by atoms with Gasteiger partial charge in [-0.2, -0.15) is 10.2 Å². The number of rotatable bonds is 3. The summed E-state index contributed by atoms with van der Waals surface area (Å²) in [6.45, 7) is 10.4. The molecule has 5 heterocycles. The Bertz CT molecular complexity index is 1560. The summed E-state index contributed by atoms with van der Waals surface area (Å²) in [5.41, 5.74) is 6.71. The standard InChI is InChI=1S/C30H36N6O3/c1-18-6-7-21(23-16-31-24(14-22(18)23)19-15-32-34(5)17-19)27-26-25(36(33-27)20-9-12-39-13-10-20)8-11-35(29(37)38)28(26)30(2,3)4/h6-7,14-17,20,28H,8-13H2,1-5H3,(H,37,38). The van der Waals surface area contributed by atoms with Gasteiger partial charge in [-0.15, -0.1) is 0 Å². The first-order valence-corrected chi connectivity index (χ1v) is 13.7. The van der Waals surface area contributed by atoms with Gasteiger partial charge >= 0.3 is 6.09 Å². The zero-order chi connectivity index (χ0) is 27.5. The Morgan fingerprint density at radius 2 is 1.90 bits per heavy atom. The molecule has 0 saturated carbocycles. The number of hydrogen-bond acceptors (Lipinski definition) is 5. The van der Waals surface area contributed by atoms with Crippen molar-refractivity contribution in [2.45, 2.75) is 59.0 Å². The number of benzene rings is 1. The van der Waals surface area contributed by atoms with E-state index in [0.29, 0.717) is 26.2 Å². The summed E-state index contributed by atoms with van der Waals surface area (Å²) in [6, 6.07) is 6.30. The topological polar surface area (TPSA) is 98.3 Å². The number of pyridine rings is 1. The fourth-order valence-corrected chi connectivity index (χ4v) is 6.37. The van der Waals surface area contributed by atoms with Crippen LogP contribution in [0.15, 0.2) is 36.8 Å². The molecule has 2 aliphatic rings. The molecule has 0 radical (unpaired) electrons. The van der Waals surface area contributed by atoms with Gasteiger partial charge < -0.3 is 14.7 Å². The average Bonchev–Trinajstić information content (AvgIpc) is 3.52. The zero-order valence-corrected chi connectivity index (χ0v) is 23.3. The van der Waals surface area contributed by atoms with Crippen LogP contribution in [0.2, 0.25) is 0 Å². The lowest BCUT2D eigenvalue weighted by Crippen LogP contribution is -2.45. The number of carboxylic acid groups (broad SMARTS) is 1. The van der Waals surface area contributed by atoms with Crippen LogP contribution in [0.3, 0.4) is 0 Å². The van der Waals surface area contributed by atoms with E-state index in [-0.39, 0.29) is 17.5 Å². The molecule has 1 amide bonds. The normalized spacial score (nSPS) is 18.5. The maximum atomic E-state index is 12.5. The fourth-order valence-electron chi connectivity index (χ4n) is 6.37.